The lowest BCUT2D eigenvalue weighted by molar-refractivity contribution is 0.295. The van der Waals surface area contributed by atoms with Crippen LogP contribution in [0.25, 0.3) is 0 Å². The second kappa shape index (κ2) is 17.4. The van der Waals surface area contributed by atoms with E-state index >= 15 is 0 Å². The van der Waals surface area contributed by atoms with E-state index in [1.54, 1.807) is 6.07 Å². The second-order valence-electron chi connectivity index (χ2n) is 9.37. The Hall–Kier alpha value is -2.03. The number of nitrogens with zero attached hydrogens (tertiary/aromatic N) is 1. The van der Waals surface area contributed by atoms with Gasteiger partial charge in [0.15, 0.2) is 5.75 Å². The molecule has 3 nitrogen and oxygen atoms in total. The standard InChI is InChI=1S/C30H47NO2/c1-3-5-6-7-8-9-10-11-12-13-14-15-16-20-24-31-25-23-29(32)30(28(31)4-2)33-26-27-21-18-17-19-22-27/h17-19,21-23,25H,3-16,20,24,26H2,1-2H3. The van der Waals surface area contributed by atoms with Crippen molar-refractivity contribution in [3.05, 3.63) is 64.1 Å². The predicted molar refractivity (Wildman–Crippen MR) is 141 cm³/mol. The van der Waals surface area contributed by atoms with Crippen LogP contribution in [0.1, 0.15) is 115 Å². The van der Waals surface area contributed by atoms with E-state index in [2.05, 4.69) is 18.4 Å². The highest BCUT2D eigenvalue weighted by molar-refractivity contribution is 5.29. The van der Waals surface area contributed by atoms with Crippen molar-refractivity contribution in [2.45, 2.75) is 123 Å². The monoisotopic (exact) mass is 453 g/mol. The van der Waals surface area contributed by atoms with Crippen LogP contribution in [0.15, 0.2) is 47.4 Å². The molecular weight excluding hydrogens is 406 g/mol. The Balaban J connectivity index is 1.61. The van der Waals surface area contributed by atoms with Crippen LogP contribution in [-0.4, -0.2) is 4.57 Å². The summed E-state index contributed by atoms with van der Waals surface area (Å²) >= 11 is 0. The number of hydrogen-bond acceptors (Lipinski definition) is 2. The minimum absolute atomic E-state index is 0.0139. The van der Waals surface area contributed by atoms with E-state index in [9.17, 15) is 4.79 Å². The summed E-state index contributed by atoms with van der Waals surface area (Å²) < 4.78 is 8.20. The normalized spacial score (nSPS) is 11.1. The Bertz CT molecular complexity index is 797. The molecule has 0 spiro atoms. The summed E-state index contributed by atoms with van der Waals surface area (Å²) in [6.45, 7) is 5.78. The molecule has 0 N–H and O–H groups in total. The minimum Gasteiger partial charge on any atom is -0.483 e. The van der Waals surface area contributed by atoms with Gasteiger partial charge in [-0.15, -0.1) is 0 Å². The van der Waals surface area contributed by atoms with Gasteiger partial charge in [0.2, 0.25) is 5.43 Å². The van der Waals surface area contributed by atoms with Crippen molar-refractivity contribution in [2.75, 3.05) is 0 Å². The van der Waals surface area contributed by atoms with E-state index in [0.717, 1.165) is 30.6 Å². The highest BCUT2D eigenvalue weighted by Gasteiger charge is 2.11. The average molecular weight is 454 g/mol. The predicted octanol–water partition coefficient (Wildman–Crippen LogP) is 8.47. The molecule has 0 aliphatic heterocycles. The van der Waals surface area contributed by atoms with Gasteiger partial charge in [-0.05, 0) is 18.4 Å². The molecule has 0 amide bonds. The Morgan fingerprint density at radius 3 is 1.79 bits per heavy atom. The number of pyridine rings is 1. The third kappa shape index (κ3) is 11.1. The topological polar surface area (TPSA) is 31.2 Å². The number of ether oxygens (including phenoxy) is 1. The molecule has 0 bridgehead atoms. The number of benzene rings is 1. The van der Waals surface area contributed by atoms with E-state index in [0.29, 0.717) is 12.4 Å². The number of hydrogen-bond donors (Lipinski definition) is 0. The molecule has 0 atom stereocenters. The second-order valence-corrected chi connectivity index (χ2v) is 9.37. The fourth-order valence-corrected chi connectivity index (χ4v) is 4.53. The summed E-state index contributed by atoms with van der Waals surface area (Å²) in [7, 11) is 0. The summed E-state index contributed by atoms with van der Waals surface area (Å²) in [6, 6.07) is 11.7. The molecule has 0 aliphatic rings. The van der Waals surface area contributed by atoms with Gasteiger partial charge in [-0.1, -0.05) is 128 Å². The smallest absolute Gasteiger partial charge is 0.223 e. The summed E-state index contributed by atoms with van der Waals surface area (Å²) in [6.07, 6.45) is 21.9. The number of rotatable bonds is 19. The number of aromatic nitrogens is 1. The first-order chi connectivity index (χ1) is 16.3. The molecule has 2 rings (SSSR count). The molecule has 0 aliphatic carbocycles. The van der Waals surface area contributed by atoms with Crippen molar-refractivity contribution in [3.8, 4) is 5.75 Å². The lowest BCUT2D eigenvalue weighted by Gasteiger charge is -2.16. The van der Waals surface area contributed by atoms with Crippen LogP contribution in [0.3, 0.4) is 0 Å². The molecule has 2 aromatic rings. The maximum absolute atomic E-state index is 12.4. The molecule has 1 aromatic carbocycles. The quantitative estimate of drug-likeness (QED) is 0.200. The third-order valence-electron chi connectivity index (χ3n) is 6.55. The molecule has 1 heterocycles. The van der Waals surface area contributed by atoms with Gasteiger partial charge in [-0.2, -0.15) is 0 Å². The van der Waals surface area contributed by atoms with Crippen LogP contribution in [0.4, 0.5) is 0 Å². The van der Waals surface area contributed by atoms with Crippen LogP contribution >= 0.6 is 0 Å². The highest BCUT2D eigenvalue weighted by Crippen LogP contribution is 2.18. The lowest BCUT2D eigenvalue weighted by atomic mass is 10.0. The Labute approximate surface area is 202 Å². The fraction of sp³-hybridized carbons (Fsp3) is 0.633. The van der Waals surface area contributed by atoms with Gasteiger partial charge in [0, 0.05) is 18.8 Å². The van der Waals surface area contributed by atoms with Crippen LogP contribution < -0.4 is 10.2 Å². The molecular formula is C30H47NO2. The first kappa shape index (κ1) is 27.2. The van der Waals surface area contributed by atoms with E-state index in [-0.39, 0.29) is 5.43 Å². The molecule has 184 valence electrons. The first-order valence-corrected chi connectivity index (χ1v) is 13.6. The van der Waals surface area contributed by atoms with Gasteiger partial charge in [0.05, 0.1) is 5.69 Å². The first-order valence-electron chi connectivity index (χ1n) is 13.6. The molecule has 0 saturated heterocycles. The van der Waals surface area contributed by atoms with Gasteiger partial charge in [-0.3, -0.25) is 4.79 Å². The molecule has 3 heteroatoms. The van der Waals surface area contributed by atoms with E-state index in [1.807, 2.05) is 36.5 Å². The largest absolute Gasteiger partial charge is 0.483 e. The van der Waals surface area contributed by atoms with Crippen molar-refractivity contribution >= 4 is 0 Å². The Morgan fingerprint density at radius 1 is 0.697 bits per heavy atom. The number of aryl methyl sites for hydroxylation is 1. The van der Waals surface area contributed by atoms with Gasteiger partial charge in [0.25, 0.3) is 0 Å². The van der Waals surface area contributed by atoms with Gasteiger partial charge < -0.3 is 9.30 Å². The van der Waals surface area contributed by atoms with Crippen molar-refractivity contribution in [1.82, 2.24) is 4.57 Å². The number of unbranched alkanes of at least 4 members (excludes halogenated alkanes) is 13. The molecule has 1 aromatic heterocycles. The van der Waals surface area contributed by atoms with Crippen LogP contribution in [0, 0.1) is 0 Å². The average Bonchev–Trinajstić information content (AvgIpc) is 2.84. The fourth-order valence-electron chi connectivity index (χ4n) is 4.53. The molecule has 0 radical (unpaired) electrons. The van der Waals surface area contributed by atoms with Gasteiger partial charge in [-0.25, -0.2) is 0 Å². The zero-order valence-corrected chi connectivity index (χ0v) is 21.3. The van der Waals surface area contributed by atoms with Crippen LogP contribution in [0.2, 0.25) is 0 Å². The van der Waals surface area contributed by atoms with Crippen molar-refractivity contribution < 1.29 is 4.74 Å². The highest BCUT2D eigenvalue weighted by atomic mass is 16.5. The van der Waals surface area contributed by atoms with Crippen LogP contribution in [0.5, 0.6) is 5.75 Å². The lowest BCUT2D eigenvalue weighted by Crippen LogP contribution is -2.16. The summed E-state index contributed by atoms with van der Waals surface area (Å²) in [5.74, 6) is 0.522. The van der Waals surface area contributed by atoms with Crippen molar-refractivity contribution in [2.24, 2.45) is 0 Å². The van der Waals surface area contributed by atoms with Gasteiger partial charge in [0.1, 0.15) is 6.61 Å². The van der Waals surface area contributed by atoms with Crippen LogP contribution in [-0.2, 0) is 19.6 Å². The summed E-state index contributed by atoms with van der Waals surface area (Å²) in [5.41, 5.74) is 2.09. The third-order valence-corrected chi connectivity index (χ3v) is 6.55. The summed E-state index contributed by atoms with van der Waals surface area (Å²) in [5, 5.41) is 0. The molecule has 33 heavy (non-hydrogen) atoms. The Morgan fingerprint density at radius 2 is 1.24 bits per heavy atom. The summed E-state index contributed by atoms with van der Waals surface area (Å²) in [4.78, 5) is 12.4. The van der Waals surface area contributed by atoms with Crippen molar-refractivity contribution in [3.63, 3.8) is 0 Å². The molecule has 0 saturated carbocycles. The maximum atomic E-state index is 12.4. The SMILES string of the molecule is CCCCCCCCCCCCCCCCn1ccc(=O)c(OCc2ccccc2)c1CC. The zero-order valence-electron chi connectivity index (χ0n) is 21.3. The Kier molecular flexibility index (Phi) is 14.4. The van der Waals surface area contributed by atoms with E-state index in [4.69, 9.17) is 4.74 Å². The zero-order chi connectivity index (χ0) is 23.6. The minimum atomic E-state index is -0.0139. The maximum Gasteiger partial charge on any atom is 0.223 e. The van der Waals surface area contributed by atoms with Gasteiger partial charge >= 0.3 is 0 Å². The van der Waals surface area contributed by atoms with E-state index in [1.165, 1.54) is 83.5 Å². The van der Waals surface area contributed by atoms with Crippen molar-refractivity contribution in [1.29, 1.82) is 0 Å². The molecule has 0 fully saturated rings. The molecule has 0 unspecified atom stereocenters. The van der Waals surface area contributed by atoms with E-state index < -0.39 is 0 Å².